The molecule has 0 saturated heterocycles. The van der Waals surface area contributed by atoms with E-state index in [-0.39, 0.29) is 5.91 Å². The van der Waals surface area contributed by atoms with E-state index in [9.17, 15) is 9.59 Å². The summed E-state index contributed by atoms with van der Waals surface area (Å²) in [5.41, 5.74) is -1.18. The van der Waals surface area contributed by atoms with Crippen LogP contribution in [0.4, 0.5) is 0 Å². The zero-order valence-corrected chi connectivity index (χ0v) is 10.6. The summed E-state index contributed by atoms with van der Waals surface area (Å²) in [6.07, 6.45) is 0. The zero-order valence-electron chi connectivity index (χ0n) is 10.6. The molecule has 0 fully saturated rings. The first-order valence-electron chi connectivity index (χ1n) is 5.35. The predicted octanol–water partition coefficient (Wildman–Crippen LogP) is 1.71. The van der Waals surface area contributed by atoms with Gasteiger partial charge in [-0.1, -0.05) is 18.2 Å². The highest BCUT2D eigenvalue weighted by atomic mass is 16.5. The monoisotopic (exact) mass is 235 g/mol. The molecule has 4 nitrogen and oxygen atoms in total. The Bertz CT molecular complexity index is 410. The molecule has 0 aliphatic heterocycles. The van der Waals surface area contributed by atoms with Gasteiger partial charge >= 0.3 is 5.97 Å². The van der Waals surface area contributed by atoms with E-state index in [2.05, 4.69) is 0 Å². The number of hydrogen-bond donors (Lipinski definition) is 0. The van der Waals surface area contributed by atoms with Gasteiger partial charge in [-0.05, 0) is 26.0 Å². The second-order valence-corrected chi connectivity index (χ2v) is 4.53. The van der Waals surface area contributed by atoms with Crippen molar-refractivity contribution in [2.75, 3.05) is 14.1 Å². The van der Waals surface area contributed by atoms with Gasteiger partial charge in [-0.25, -0.2) is 0 Å². The maximum Gasteiger partial charge on any atom is 0.326 e. The molecule has 0 atom stereocenters. The number of carbonyl (C=O) groups is 2. The van der Waals surface area contributed by atoms with E-state index in [0.29, 0.717) is 5.75 Å². The van der Waals surface area contributed by atoms with E-state index in [4.69, 9.17) is 4.74 Å². The number of hydrogen-bond acceptors (Lipinski definition) is 3. The van der Waals surface area contributed by atoms with Crippen LogP contribution in [-0.2, 0) is 9.59 Å². The Morgan fingerprint density at radius 3 is 2.12 bits per heavy atom. The second-order valence-electron chi connectivity index (χ2n) is 4.53. The molecular formula is C13H17NO3. The number of esters is 1. The first kappa shape index (κ1) is 13.2. The van der Waals surface area contributed by atoms with Gasteiger partial charge in [-0.2, -0.15) is 0 Å². The number of amides is 1. The van der Waals surface area contributed by atoms with Crippen molar-refractivity contribution in [3.63, 3.8) is 0 Å². The Kier molecular flexibility index (Phi) is 3.89. The van der Waals surface area contributed by atoms with Crippen LogP contribution in [0, 0.1) is 5.41 Å². The van der Waals surface area contributed by atoms with Crippen LogP contribution in [0.2, 0.25) is 0 Å². The average molecular weight is 235 g/mol. The first-order chi connectivity index (χ1) is 7.85. The second kappa shape index (κ2) is 4.99. The molecule has 17 heavy (non-hydrogen) atoms. The molecule has 1 amide bonds. The summed E-state index contributed by atoms with van der Waals surface area (Å²) in [5.74, 6) is -0.391. The van der Waals surface area contributed by atoms with Gasteiger partial charge in [0.1, 0.15) is 11.2 Å². The molecule has 0 bridgehead atoms. The Hall–Kier alpha value is -1.84. The highest BCUT2D eigenvalue weighted by Gasteiger charge is 2.39. The van der Waals surface area contributed by atoms with E-state index in [1.54, 1.807) is 52.2 Å². The van der Waals surface area contributed by atoms with Gasteiger partial charge in [0.25, 0.3) is 0 Å². The highest BCUT2D eigenvalue weighted by Crippen LogP contribution is 2.22. The van der Waals surface area contributed by atoms with Crippen molar-refractivity contribution in [1.82, 2.24) is 4.90 Å². The summed E-state index contributed by atoms with van der Waals surface area (Å²) in [5, 5.41) is 0. The lowest BCUT2D eigenvalue weighted by atomic mass is 9.92. The quantitative estimate of drug-likeness (QED) is 0.455. The molecule has 0 heterocycles. The minimum absolute atomic E-state index is 0.279. The SMILES string of the molecule is CN(C)C(=O)C(C)(C)C(=O)Oc1ccccc1. The fourth-order valence-corrected chi connectivity index (χ4v) is 1.37. The molecule has 0 N–H and O–H groups in total. The normalized spacial score (nSPS) is 10.8. The number of carbonyl (C=O) groups excluding carboxylic acids is 2. The van der Waals surface area contributed by atoms with E-state index < -0.39 is 11.4 Å². The minimum Gasteiger partial charge on any atom is -0.426 e. The summed E-state index contributed by atoms with van der Waals surface area (Å²) in [4.78, 5) is 25.1. The topological polar surface area (TPSA) is 46.6 Å². The van der Waals surface area contributed by atoms with Crippen LogP contribution in [0.3, 0.4) is 0 Å². The lowest BCUT2D eigenvalue weighted by Crippen LogP contribution is -2.43. The van der Waals surface area contributed by atoms with E-state index >= 15 is 0 Å². The van der Waals surface area contributed by atoms with Crippen LogP contribution >= 0.6 is 0 Å². The molecule has 0 saturated carbocycles. The largest absolute Gasteiger partial charge is 0.426 e. The van der Waals surface area contributed by atoms with Crippen molar-refractivity contribution in [3.05, 3.63) is 30.3 Å². The summed E-state index contributed by atoms with van der Waals surface area (Å²) in [6, 6.07) is 8.71. The van der Waals surface area contributed by atoms with Crippen LogP contribution < -0.4 is 4.74 Å². The molecule has 4 heteroatoms. The third-order valence-corrected chi connectivity index (χ3v) is 2.40. The van der Waals surface area contributed by atoms with Crippen molar-refractivity contribution in [1.29, 1.82) is 0 Å². The van der Waals surface area contributed by atoms with E-state index in [0.717, 1.165) is 0 Å². The van der Waals surface area contributed by atoms with Crippen LogP contribution in [0.1, 0.15) is 13.8 Å². The maximum atomic E-state index is 11.9. The highest BCUT2D eigenvalue weighted by molar-refractivity contribution is 6.02. The van der Waals surface area contributed by atoms with Gasteiger partial charge in [0, 0.05) is 14.1 Å². The smallest absolute Gasteiger partial charge is 0.326 e. The molecule has 0 aromatic heterocycles. The van der Waals surface area contributed by atoms with Crippen molar-refractivity contribution < 1.29 is 14.3 Å². The van der Waals surface area contributed by atoms with Crippen molar-refractivity contribution in [2.45, 2.75) is 13.8 Å². The third kappa shape index (κ3) is 3.06. The molecule has 1 rings (SSSR count). The van der Waals surface area contributed by atoms with Gasteiger partial charge in [0.2, 0.25) is 5.91 Å². The molecule has 0 radical (unpaired) electrons. The number of nitrogens with zero attached hydrogens (tertiary/aromatic N) is 1. The van der Waals surface area contributed by atoms with Gasteiger partial charge in [0.05, 0.1) is 0 Å². The number of ether oxygens (including phenoxy) is 1. The number of para-hydroxylation sites is 1. The molecule has 1 aromatic carbocycles. The first-order valence-corrected chi connectivity index (χ1v) is 5.35. The Balaban J connectivity index is 2.80. The van der Waals surface area contributed by atoms with E-state index in [1.165, 1.54) is 4.90 Å². The van der Waals surface area contributed by atoms with Gasteiger partial charge in [-0.15, -0.1) is 0 Å². The standard InChI is InChI=1S/C13H17NO3/c1-13(2,11(15)14(3)4)12(16)17-10-8-6-5-7-9-10/h5-9H,1-4H3. The predicted molar refractivity (Wildman–Crippen MR) is 64.6 cm³/mol. The van der Waals surface area contributed by atoms with Crippen LogP contribution in [-0.4, -0.2) is 30.9 Å². The summed E-state index contributed by atoms with van der Waals surface area (Å²) in [7, 11) is 3.22. The Morgan fingerprint density at radius 1 is 1.12 bits per heavy atom. The summed E-state index contributed by atoms with van der Waals surface area (Å²) in [6.45, 7) is 3.11. The van der Waals surface area contributed by atoms with Gasteiger partial charge in [-0.3, -0.25) is 9.59 Å². The van der Waals surface area contributed by atoms with Crippen LogP contribution in [0.5, 0.6) is 5.75 Å². The fourth-order valence-electron chi connectivity index (χ4n) is 1.37. The molecule has 0 unspecified atom stereocenters. The van der Waals surface area contributed by atoms with E-state index in [1.807, 2.05) is 6.07 Å². The lowest BCUT2D eigenvalue weighted by molar-refractivity contribution is -0.155. The number of benzene rings is 1. The van der Waals surface area contributed by atoms with Crippen LogP contribution in [0.15, 0.2) is 30.3 Å². The Morgan fingerprint density at radius 2 is 1.65 bits per heavy atom. The zero-order chi connectivity index (χ0) is 13.1. The van der Waals surface area contributed by atoms with Crippen LogP contribution in [0.25, 0.3) is 0 Å². The molecule has 0 spiro atoms. The molecule has 92 valence electrons. The molecule has 0 aliphatic carbocycles. The fraction of sp³-hybridized carbons (Fsp3) is 0.385. The average Bonchev–Trinajstić information content (AvgIpc) is 2.29. The Labute approximate surface area is 101 Å². The van der Waals surface area contributed by atoms with Crippen molar-refractivity contribution in [2.24, 2.45) is 5.41 Å². The van der Waals surface area contributed by atoms with Crippen molar-refractivity contribution in [3.8, 4) is 5.75 Å². The minimum atomic E-state index is -1.18. The third-order valence-electron chi connectivity index (χ3n) is 2.40. The van der Waals surface area contributed by atoms with Gasteiger partial charge < -0.3 is 9.64 Å². The lowest BCUT2D eigenvalue weighted by Gasteiger charge is -2.24. The summed E-state index contributed by atoms with van der Waals surface area (Å²) < 4.78 is 5.16. The number of rotatable bonds is 3. The molecule has 1 aromatic rings. The van der Waals surface area contributed by atoms with Gasteiger partial charge in [0.15, 0.2) is 0 Å². The summed E-state index contributed by atoms with van der Waals surface area (Å²) >= 11 is 0. The van der Waals surface area contributed by atoms with Crippen molar-refractivity contribution >= 4 is 11.9 Å². The molecule has 0 aliphatic rings. The maximum absolute atomic E-state index is 11.9. The molecular weight excluding hydrogens is 218 g/mol.